The number of pyridine rings is 2. The molecule has 0 saturated carbocycles. The van der Waals surface area contributed by atoms with Crippen molar-refractivity contribution in [2.24, 2.45) is 5.73 Å². The first-order chi connectivity index (χ1) is 13.2. The van der Waals surface area contributed by atoms with Crippen molar-refractivity contribution in [3.63, 3.8) is 0 Å². The van der Waals surface area contributed by atoms with Gasteiger partial charge in [0.15, 0.2) is 9.84 Å². The zero-order valence-corrected chi connectivity index (χ0v) is 20.6. The van der Waals surface area contributed by atoms with Crippen LogP contribution >= 0.6 is 37.2 Å². The van der Waals surface area contributed by atoms with Crippen molar-refractivity contribution >= 4 is 58.1 Å². The maximum atomic E-state index is 14.1. The highest BCUT2D eigenvalue weighted by atomic mass is 35.5. The first-order valence-corrected chi connectivity index (χ1v) is 10.7. The Balaban J connectivity index is 0.00000300. The number of aryl methyl sites for hydroxylation is 1. The van der Waals surface area contributed by atoms with Crippen LogP contribution in [0.25, 0.3) is 11.0 Å². The van der Waals surface area contributed by atoms with Gasteiger partial charge < -0.3 is 10.3 Å². The van der Waals surface area contributed by atoms with Crippen LogP contribution in [0.4, 0.5) is 4.39 Å². The van der Waals surface area contributed by atoms with Gasteiger partial charge in [-0.1, -0.05) is 0 Å². The van der Waals surface area contributed by atoms with Crippen molar-refractivity contribution < 1.29 is 12.8 Å². The summed E-state index contributed by atoms with van der Waals surface area (Å²) in [5.41, 5.74) is 10.5. The molecular formula is C20H26Cl3FN4O2S. The summed E-state index contributed by atoms with van der Waals surface area (Å²) in [4.78, 5) is 9.12. The van der Waals surface area contributed by atoms with E-state index < -0.39 is 9.84 Å². The number of halogens is 4. The molecular weight excluding hydrogens is 486 g/mol. The van der Waals surface area contributed by atoms with Gasteiger partial charge >= 0.3 is 0 Å². The van der Waals surface area contributed by atoms with Gasteiger partial charge in [-0.15, -0.1) is 37.2 Å². The lowest BCUT2D eigenvalue weighted by atomic mass is 10.1. The molecule has 0 aliphatic heterocycles. The van der Waals surface area contributed by atoms with E-state index in [9.17, 15) is 12.8 Å². The third-order valence-electron chi connectivity index (χ3n) is 4.66. The van der Waals surface area contributed by atoms with E-state index in [2.05, 4.69) is 9.97 Å². The van der Waals surface area contributed by atoms with Crippen LogP contribution in [0, 0.1) is 13.8 Å². The monoisotopic (exact) mass is 510 g/mol. The number of allylic oxidation sites excluding steroid dienone is 1. The fraction of sp³-hybridized carbons (Fsp3) is 0.300. The van der Waals surface area contributed by atoms with Crippen LogP contribution in [0.1, 0.15) is 22.6 Å². The number of nitrogens with zero attached hydrogens (tertiary/aromatic N) is 3. The lowest BCUT2D eigenvalue weighted by Gasteiger charge is -2.07. The van der Waals surface area contributed by atoms with Crippen LogP contribution in [0.2, 0.25) is 0 Å². The van der Waals surface area contributed by atoms with Gasteiger partial charge in [-0.2, -0.15) is 0 Å². The zero-order chi connectivity index (χ0) is 20.5. The molecule has 3 aromatic rings. The van der Waals surface area contributed by atoms with Crippen LogP contribution in [0.15, 0.2) is 47.3 Å². The summed E-state index contributed by atoms with van der Waals surface area (Å²) >= 11 is 0. The normalized spacial score (nSPS) is 11.5. The molecule has 6 nitrogen and oxygen atoms in total. The van der Waals surface area contributed by atoms with Crippen LogP contribution in [0.3, 0.4) is 0 Å². The second-order valence-electron chi connectivity index (χ2n) is 6.79. The molecule has 172 valence electrons. The number of aromatic nitrogens is 3. The quantitative estimate of drug-likeness (QED) is 0.537. The van der Waals surface area contributed by atoms with E-state index in [1.807, 2.05) is 30.5 Å². The minimum Gasteiger partial charge on any atom is -0.336 e. The molecule has 0 saturated heterocycles. The standard InChI is InChI=1S/C20H23FN4O2S.3ClH/c1-13-4-7-19-20(24-13)18(14(2)25(19)12-15(21)8-9-22)10-16-5-6-17(11-23-16)28(3,26)27;;;/h4-8,11H,9-10,12,22H2,1-3H3;3*1H/b15-8-;;;. The van der Waals surface area contributed by atoms with Gasteiger partial charge in [0.05, 0.1) is 22.5 Å². The van der Waals surface area contributed by atoms with Crippen LogP contribution in [-0.2, 0) is 22.8 Å². The summed E-state index contributed by atoms with van der Waals surface area (Å²) in [5.74, 6) is -0.301. The largest absolute Gasteiger partial charge is 0.336 e. The molecule has 31 heavy (non-hydrogen) atoms. The van der Waals surface area contributed by atoms with Crippen LogP contribution < -0.4 is 5.73 Å². The minimum absolute atomic E-state index is 0. The number of rotatable bonds is 6. The predicted octanol–water partition coefficient (Wildman–Crippen LogP) is 4.12. The molecule has 0 fully saturated rings. The SMILES string of the molecule is Cc1ccc2c(n1)c(Cc1ccc(S(C)(=O)=O)cn1)c(C)n2C/C(F)=C/CN.Cl.Cl.Cl. The molecule has 3 rings (SSSR count). The van der Waals surface area contributed by atoms with E-state index in [-0.39, 0.29) is 61.0 Å². The molecule has 3 aromatic heterocycles. The molecule has 0 aliphatic carbocycles. The number of hydrogen-bond acceptors (Lipinski definition) is 5. The van der Waals surface area contributed by atoms with Gasteiger partial charge in [0, 0.05) is 48.1 Å². The Labute approximate surface area is 200 Å². The predicted molar refractivity (Wildman–Crippen MR) is 129 cm³/mol. The Morgan fingerprint density at radius 3 is 2.39 bits per heavy atom. The lowest BCUT2D eigenvalue weighted by Crippen LogP contribution is -2.04. The van der Waals surface area contributed by atoms with Crippen molar-refractivity contribution in [1.82, 2.24) is 14.5 Å². The van der Waals surface area contributed by atoms with Gasteiger partial charge in [0.1, 0.15) is 5.83 Å². The maximum absolute atomic E-state index is 14.1. The van der Waals surface area contributed by atoms with Crippen molar-refractivity contribution in [3.05, 3.63) is 65.0 Å². The molecule has 0 spiro atoms. The van der Waals surface area contributed by atoms with Crippen LogP contribution in [0.5, 0.6) is 0 Å². The summed E-state index contributed by atoms with van der Waals surface area (Å²) < 4.78 is 39.3. The van der Waals surface area contributed by atoms with Crippen LogP contribution in [-0.4, -0.2) is 35.8 Å². The average Bonchev–Trinajstić information content (AvgIpc) is 2.87. The third kappa shape index (κ3) is 6.63. The second kappa shape index (κ2) is 11.8. The van der Waals surface area contributed by atoms with E-state index in [1.54, 1.807) is 12.1 Å². The molecule has 0 atom stereocenters. The first-order valence-electron chi connectivity index (χ1n) is 8.85. The molecule has 0 aliphatic rings. The first kappa shape index (κ1) is 29.3. The minimum atomic E-state index is -3.29. The van der Waals surface area contributed by atoms with Gasteiger partial charge in [0.2, 0.25) is 0 Å². The van der Waals surface area contributed by atoms with Gasteiger partial charge in [-0.25, -0.2) is 12.8 Å². The molecule has 2 N–H and O–H groups in total. The number of sulfone groups is 1. The topological polar surface area (TPSA) is 90.9 Å². The van der Waals surface area contributed by atoms with Crippen molar-refractivity contribution in [3.8, 4) is 0 Å². The molecule has 0 bridgehead atoms. The van der Waals surface area contributed by atoms with Gasteiger partial charge in [-0.3, -0.25) is 9.97 Å². The highest BCUT2D eigenvalue weighted by Gasteiger charge is 2.18. The highest BCUT2D eigenvalue weighted by Crippen LogP contribution is 2.28. The summed E-state index contributed by atoms with van der Waals surface area (Å²) in [5, 5.41) is 0. The molecule has 0 aromatic carbocycles. The van der Waals surface area contributed by atoms with E-state index in [1.165, 1.54) is 12.3 Å². The number of hydrogen-bond donors (Lipinski definition) is 1. The summed E-state index contributed by atoms with van der Waals surface area (Å²) in [6, 6.07) is 7.08. The molecule has 3 heterocycles. The molecule has 0 radical (unpaired) electrons. The fourth-order valence-corrected chi connectivity index (χ4v) is 3.74. The number of fused-ring (bicyclic) bond motifs is 1. The Kier molecular flexibility index (Phi) is 11.1. The molecule has 11 heteroatoms. The molecule has 0 amide bonds. The Hall–Kier alpha value is -1.71. The zero-order valence-electron chi connectivity index (χ0n) is 17.3. The highest BCUT2D eigenvalue weighted by molar-refractivity contribution is 7.90. The lowest BCUT2D eigenvalue weighted by molar-refractivity contribution is 0.554. The van der Waals surface area contributed by atoms with E-state index in [0.29, 0.717) is 6.42 Å². The smallest absolute Gasteiger partial charge is 0.177 e. The Morgan fingerprint density at radius 1 is 1.16 bits per heavy atom. The Bertz CT molecular complexity index is 1160. The average molecular weight is 512 g/mol. The van der Waals surface area contributed by atoms with Crippen molar-refractivity contribution in [1.29, 1.82) is 0 Å². The third-order valence-corrected chi connectivity index (χ3v) is 5.76. The number of nitrogens with two attached hydrogens (primary N) is 1. The summed E-state index contributed by atoms with van der Waals surface area (Å²) in [7, 11) is -3.29. The van der Waals surface area contributed by atoms with E-state index in [4.69, 9.17) is 5.73 Å². The second-order valence-corrected chi connectivity index (χ2v) is 8.81. The van der Waals surface area contributed by atoms with E-state index >= 15 is 0 Å². The van der Waals surface area contributed by atoms with Crippen molar-refractivity contribution in [2.45, 2.75) is 31.7 Å². The maximum Gasteiger partial charge on any atom is 0.177 e. The van der Waals surface area contributed by atoms with E-state index in [0.717, 1.165) is 39.9 Å². The van der Waals surface area contributed by atoms with Gasteiger partial charge in [0.25, 0.3) is 0 Å². The van der Waals surface area contributed by atoms with Gasteiger partial charge in [-0.05, 0) is 44.2 Å². The fourth-order valence-electron chi connectivity index (χ4n) is 3.18. The molecule has 0 unspecified atom stereocenters. The van der Waals surface area contributed by atoms with Crippen molar-refractivity contribution in [2.75, 3.05) is 12.8 Å². The Morgan fingerprint density at radius 2 is 1.84 bits per heavy atom. The summed E-state index contributed by atoms with van der Waals surface area (Å²) in [6.45, 7) is 4.06. The summed E-state index contributed by atoms with van der Waals surface area (Å²) in [6.07, 6.45) is 4.34.